The van der Waals surface area contributed by atoms with E-state index in [4.69, 9.17) is 5.73 Å². The van der Waals surface area contributed by atoms with Crippen LogP contribution in [0.25, 0.3) is 11.2 Å². The number of rotatable bonds is 3. The minimum Gasteiger partial charge on any atom is -0.366 e. The van der Waals surface area contributed by atoms with E-state index in [0.29, 0.717) is 29.0 Å². The number of pyridine rings is 1. The van der Waals surface area contributed by atoms with Gasteiger partial charge in [-0.3, -0.25) is 4.79 Å². The van der Waals surface area contributed by atoms with Gasteiger partial charge in [-0.2, -0.15) is 13.2 Å². The Hall–Kier alpha value is -2.90. The van der Waals surface area contributed by atoms with E-state index in [-0.39, 0.29) is 5.56 Å². The molecule has 3 aromatic rings. The summed E-state index contributed by atoms with van der Waals surface area (Å²) >= 11 is 0. The van der Waals surface area contributed by atoms with Crippen molar-refractivity contribution in [2.75, 3.05) is 0 Å². The number of fused-ring (bicyclic) bond motifs is 1. The molecule has 0 fully saturated rings. The highest BCUT2D eigenvalue weighted by atomic mass is 19.4. The molecular formula is C15H11F3N4O. The van der Waals surface area contributed by atoms with Gasteiger partial charge in [-0.1, -0.05) is 12.1 Å². The Kier molecular flexibility index (Phi) is 3.51. The molecule has 3 N–H and O–H groups in total. The molecule has 0 saturated heterocycles. The van der Waals surface area contributed by atoms with Gasteiger partial charge < -0.3 is 10.7 Å². The molecule has 0 spiro atoms. The molecule has 0 saturated carbocycles. The van der Waals surface area contributed by atoms with Gasteiger partial charge in [-0.15, -0.1) is 0 Å². The zero-order valence-electron chi connectivity index (χ0n) is 11.7. The van der Waals surface area contributed by atoms with Crippen LogP contribution in [0.1, 0.15) is 27.3 Å². The summed E-state index contributed by atoms with van der Waals surface area (Å²) in [5, 5.41) is 0. The fraction of sp³-hybridized carbons (Fsp3) is 0.133. The van der Waals surface area contributed by atoms with Crippen molar-refractivity contribution >= 4 is 17.1 Å². The Morgan fingerprint density at radius 1 is 1.22 bits per heavy atom. The molecular weight excluding hydrogens is 309 g/mol. The number of alkyl halides is 3. The van der Waals surface area contributed by atoms with E-state index in [1.54, 1.807) is 0 Å². The summed E-state index contributed by atoms with van der Waals surface area (Å²) in [6, 6.07) is 6.37. The highest BCUT2D eigenvalue weighted by Gasteiger charge is 2.29. The van der Waals surface area contributed by atoms with Crippen LogP contribution in [0.2, 0.25) is 0 Å². The Morgan fingerprint density at radius 3 is 2.52 bits per heavy atom. The fourth-order valence-corrected chi connectivity index (χ4v) is 2.17. The van der Waals surface area contributed by atoms with Gasteiger partial charge >= 0.3 is 6.18 Å². The second-order valence-electron chi connectivity index (χ2n) is 5.01. The van der Waals surface area contributed by atoms with E-state index >= 15 is 0 Å². The molecule has 0 aliphatic heterocycles. The van der Waals surface area contributed by atoms with Crippen LogP contribution in [0.15, 0.2) is 36.5 Å². The summed E-state index contributed by atoms with van der Waals surface area (Å²) < 4.78 is 37.6. The van der Waals surface area contributed by atoms with Crippen LogP contribution in [0.5, 0.6) is 0 Å². The number of aromatic amines is 1. The van der Waals surface area contributed by atoms with Crippen molar-refractivity contribution in [2.45, 2.75) is 12.6 Å². The third-order valence-corrected chi connectivity index (χ3v) is 3.32. The topological polar surface area (TPSA) is 84.7 Å². The summed E-state index contributed by atoms with van der Waals surface area (Å²) in [5.74, 6) is -0.0689. The predicted molar refractivity (Wildman–Crippen MR) is 76.7 cm³/mol. The average Bonchev–Trinajstić information content (AvgIpc) is 2.87. The zero-order valence-corrected chi connectivity index (χ0v) is 11.7. The van der Waals surface area contributed by atoms with Gasteiger partial charge in [0, 0.05) is 12.6 Å². The maximum atomic E-state index is 12.5. The van der Waals surface area contributed by atoms with Crippen molar-refractivity contribution in [1.82, 2.24) is 15.0 Å². The largest absolute Gasteiger partial charge is 0.416 e. The maximum absolute atomic E-state index is 12.5. The number of carbonyl (C=O) groups excluding carboxylic acids is 1. The minimum atomic E-state index is -4.35. The highest BCUT2D eigenvalue weighted by molar-refractivity contribution is 5.95. The molecule has 0 atom stereocenters. The smallest absolute Gasteiger partial charge is 0.366 e. The van der Waals surface area contributed by atoms with E-state index in [2.05, 4.69) is 15.0 Å². The Bertz CT molecular complexity index is 869. The van der Waals surface area contributed by atoms with Crippen LogP contribution in [0.4, 0.5) is 13.2 Å². The number of hydrogen-bond donors (Lipinski definition) is 2. The molecule has 23 heavy (non-hydrogen) atoms. The molecule has 0 unspecified atom stereocenters. The molecule has 3 rings (SSSR count). The molecule has 0 radical (unpaired) electrons. The number of imidazole rings is 1. The lowest BCUT2D eigenvalue weighted by molar-refractivity contribution is -0.137. The first-order valence-corrected chi connectivity index (χ1v) is 6.63. The molecule has 2 aromatic heterocycles. The van der Waals surface area contributed by atoms with Crippen LogP contribution >= 0.6 is 0 Å². The number of nitrogens with one attached hydrogen (secondary N) is 1. The monoisotopic (exact) mass is 320 g/mol. The van der Waals surface area contributed by atoms with Gasteiger partial charge in [0.1, 0.15) is 11.3 Å². The lowest BCUT2D eigenvalue weighted by atomic mass is 10.1. The number of hydrogen-bond acceptors (Lipinski definition) is 3. The van der Waals surface area contributed by atoms with Crippen LogP contribution in [-0.2, 0) is 12.6 Å². The minimum absolute atomic E-state index is 0.241. The van der Waals surface area contributed by atoms with Crippen molar-refractivity contribution in [3.05, 3.63) is 59.0 Å². The van der Waals surface area contributed by atoms with Gasteiger partial charge in [0.05, 0.1) is 11.1 Å². The fourth-order valence-electron chi connectivity index (χ4n) is 2.17. The quantitative estimate of drug-likeness (QED) is 0.778. The summed E-state index contributed by atoms with van der Waals surface area (Å²) in [6.07, 6.45) is -2.70. The number of nitrogens with zero attached hydrogens (tertiary/aromatic N) is 2. The summed E-state index contributed by atoms with van der Waals surface area (Å²) in [6.45, 7) is 0. The summed E-state index contributed by atoms with van der Waals surface area (Å²) in [4.78, 5) is 22.4. The Morgan fingerprint density at radius 2 is 1.91 bits per heavy atom. The van der Waals surface area contributed by atoms with Crippen LogP contribution < -0.4 is 5.73 Å². The van der Waals surface area contributed by atoms with Crippen molar-refractivity contribution < 1.29 is 18.0 Å². The van der Waals surface area contributed by atoms with Crippen molar-refractivity contribution in [3.63, 3.8) is 0 Å². The van der Waals surface area contributed by atoms with Crippen molar-refractivity contribution in [2.24, 2.45) is 5.73 Å². The average molecular weight is 320 g/mol. The summed E-state index contributed by atoms with van der Waals surface area (Å²) in [5.41, 5.74) is 6.35. The zero-order chi connectivity index (χ0) is 16.6. The molecule has 0 aliphatic rings. The van der Waals surface area contributed by atoms with Gasteiger partial charge in [-0.25, -0.2) is 9.97 Å². The van der Waals surface area contributed by atoms with Gasteiger partial charge in [0.15, 0.2) is 5.65 Å². The molecule has 0 bridgehead atoms. The van der Waals surface area contributed by atoms with Gasteiger partial charge in [0.25, 0.3) is 0 Å². The van der Waals surface area contributed by atoms with E-state index < -0.39 is 17.6 Å². The molecule has 118 valence electrons. The second kappa shape index (κ2) is 5.38. The Balaban J connectivity index is 1.85. The van der Waals surface area contributed by atoms with Crippen molar-refractivity contribution in [3.8, 4) is 0 Å². The van der Waals surface area contributed by atoms with E-state index in [1.165, 1.54) is 24.4 Å². The third kappa shape index (κ3) is 3.15. The number of primary amides is 1. The van der Waals surface area contributed by atoms with Crippen LogP contribution in [0, 0.1) is 0 Å². The number of aromatic nitrogens is 3. The number of halogens is 3. The normalized spacial score (nSPS) is 11.8. The number of nitrogens with two attached hydrogens (primary N) is 1. The molecule has 5 nitrogen and oxygen atoms in total. The number of H-pyrrole nitrogens is 1. The first-order chi connectivity index (χ1) is 10.8. The molecule has 1 aromatic carbocycles. The van der Waals surface area contributed by atoms with Gasteiger partial charge in [-0.05, 0) is 23.8 Å². The van der Waals surface area contributed by atoms with Crippen LogP contribution in [0.3, 0.4) is 0 Å². The predicted octanol–water partition coefficient (Wildman–Crippen LogP) is 2.67. The lowest BCUT2D eigenvalue weighted by Gasteiger charge is -2.06. The van der Waals surface area contributed by atoms with E-state index in [9.17, 15) is 18.0 Å². The third-order valence-electron chi connectivity index (χ3n) is 3.32. The first-order valence-electron chi connectivity index (χ1n) is 6.63. The number of carbonyl (C=O) groups is 1. The van der Waals surface area contributed by atoms with Gasteiger partial charge in [0.2, 0.25) is 5.91 Å². The van der Waals surface area contributed by atoms with Crippen LogP contribution in [-0.4, -0.2) is 20.9 Å². The Labute approximate surface area is 128 Å². The molecule has 8 heteroatoms. The number of amides is 1. The number of benzene rings is 1. The summed E-state index contributed by atoms with van der Waals surface area (Å²) in [7, 11) is 0. The molecule has 1 amide bonds. The van der Waals surface area contributed by atoms with Crippen molar-refractivity contribution in [1.29, 1.82) is 0 Å². The van der Waals surface area contributed by atoms with E-state index in [0.717, 1.165) is 12.1 Å². The molecule has 2 heterocycles. The maximum Gasteiger partial charge on any atom is 0.416 e. The molecule has 0 aliphatic carbocycles. The standard InChI is InChI=1S/C15H11F3N4O/c16-15(17,18)10-3-1-8(2-4-10)5-12-21-11-6-9(13(19)23)7-20-14(11)22-12/h1-4,6-7H,5H2,(H2,19,23)(H,20,21,22). The SMILES string of the molecule is NC(=O)c1cnc2[nH]c(Cc3ccc(C(F)(F)F)cc3)nc2c1. The first kappa shape index (κ1) is 15.0. The highest BCUT2D eigenvalue weighted by Crippen LogP contribution is 2.29. The second-order valence-corrected chi connectivity index (χ2v) is 5.01. The lowest BCUT2D eigenvalue weighted by Crippen LogP contribution is -2.10. The van der Waals surface area contributed by atoms with E-state index in [1.807, 2.05) is 0 Å².